The lowest BCUT2D eigenvalue weighted by molar-refractivity contribution is -0.146. The van der Waals surface area contributed by atoms with Gasteiger partial charge in [-0.25, -0.2) is 4.79 Å². The SMILES string of the molecule is C[C@@H]1CN(C(=O)COC(=O)c2cc3cc(Cl)ccc3o2)C[C@H](C)O1. The Balaban J connectivity index is 1.60. The van der Waals surface area contributed by atoms with Crippen LogP contribution < -0.4 is 0 Å². The van der Waals surface area contributed by atoms with Crippen LogP contribution in [0.4, 0.5) is 0 Å². The Bertz CT molecular complexity index is 761. The molecule has 2 atom stereocenters. The number of hydrogen-bond donors (Lipinski definition) is 0. The molecule has 0 spiro atoms. The minimum Gasteiger partial charge on any atom is -0.450 e. The average molecular weight is 352 g/mol. The van der Waals surface area contributed by atoms with Crippen molar-refractivity contribution in [2.24, 2.45) is 0 Å². The van der Waals surface area contributed by atoms with Crippen molar-refractivity contribution in [1.82, 2.24) is 4.90 Å². The molecule has 1 aromatic carbocycles. The molecule has 128 valence electrons. The first kappa shape index (κ1) is 16.8. The predicted octanol–water partition coefficient (Wildman–Crippen LogP) is 2.88. The first-order valence-corrected chi connectivity index (χ1v) is 8.09. The fourth-order valence-electron chi connectivity index (χ4n) is 2.79. The van der Waals surface area contributed by atoms with Crippen LogP contribution in [0.5, 0.6) is 0 Å². The third kappa shape index (κ3) is 3.71. The smallest absolute Gasteiger partial charge is 0.374 e. The second-order valence-corrected chi connectivity index (χ2v) is 6.36. The highest BCUT2D eigenvalue weighted by Crippen LogP contribution is 2.23. The highest BCUT2D eigenvalue weighted by molar-refractivity contribution is 6.31. The van der Waals surface area contributed by atoms with E-state index in [2.05, 4.69) is 0 Å². The normalized spacial score (nSPS) is 21.0. The molecule has 1 aliphatic rings. The van der Waals surface area contributed by atoms with Crippen molar-refractivity contribution in [3.63, 3.8) is 0 Å². The molecule has 1 aliphatic heterocycles. The molecule has 0 saturated carbocycles. The molecule has 1 aromatic heterocycles. The van der Waals surface area contributed by atoms with Gasteiger partial charge >= 0.3 is 5.97 Å². The maximum absolute atomic E-state index is 12.2. The lowest BCUT2D eigenvalue weighted by Crippen LogP contribution is -2.49. The molecule has 7 heteroatoms. The molecule has 24 heavy (non-hydrogen) atoms. The number of carbonyl (C=O) groups excluding carboxylic acids is 2. The van der Waals surface area contributed by atoms with Crippen molar-refractivity contribution < 1.29 is 23.5 Å². The number of hydrogen-bond acceptors (Lipinski definition) is 5. The number of benzene rings is 1. The predicted molar refractivity (Wildman–Crippen MR) is 88.1 cm³/mol. The largest absolute Gasteiger partial charge is 0.450 e. The second-order valence-electron chi connectivity index (χ2n) is 5.92. The Labute approximate surface area is 144 Å². The summed E-state index contributed by atoms with van der Waals surface area (Å²) in [6.07, 6.45) is -0.0676. The van der Waals surface area contributed by atoms with Gasteiger partial charge in [0.2, 0.25) is 5.76 Å². The van der Waals surface area contributed by atoms with Gasteiger partial charge in [-0.3, -0.25) is 4.79 Å². The van der Waals surface area contributed by atoms with Gasteiger partial charge in [0.05, 0.1) is 12.2 Å². The number of morpholine rings is 1. The Kier molecular flexibility index (Phi) is 4.78. The lowest BCUT2D eigenvalue weighted by Gasteiger charge is -2.35. The second kappa shape index (κ2) is 6.83. The van der Waals surface area contributed by atoms with E-state index in [0.29, 0.717) is 29.1 Å². The Hall–Kier alpha value is -2.05. The van der Waals surface area contributed by atoms with Crippen LogP contribution >= 0.6 is 11.6 Å². The van der Waals surface area contributed by atoms with Crippen molar-refractivity contribution in [3.05, 3.63) is 35.0 Å². The number of fused-ring (bicyclic) bond motifs is 1. The van der Waals surface area contributed by atoms with Gasteiger partial charge in [-0.2, -0.15) is 0 Å². The Morgan fingerprint density at radius 1 is 1.25 bits per heavy atom. The van der Waals surface area contributed by atoms with E-state index in [0.717, 1.165) is 0 Å². The molecular weight excluding hydrogens is 334 g/mol. The van der Waals surface area contributed by atoms with Crippen molar-refractivity contribution in [2.75, 3.05) is 19.7 Å². The standard InChI is InChI=1S/C17H18ClNO5/c1-10-7-19(8-11(2)23-10)16(20)9-22-17(21)15-6-12-5-13(18)3-4-14(12)24-15/h3-6,10-11H,7-9H2,1-2H3/t10-,11+. The summed E-state index contributed by atoms with van der Waals surface area (Å²) < 4.78 is 16.1. The summed E-state index contributed by atoms with van der Waals surface area (Å²) in [6, 6.07) is 6.59. The highest BCUT2D eigenvalue weighted by Gasteiger charge is 2.26. The third-order valence-corrected chi connectivity index (χ3v) is 4.01. The number of ether oxygens (including phenoxy) is 2. The summed E-state index contributed by atoms with van der Waals surface area (Å²) in [4.78, 5) is 25.9. The van der Waals surface area contributed by atoms with Gasteiger partial charge < -0.3 is 18.8 Å². The monoisotopic (exact) mass is 351 g/mol. The summed E-state index contributed by atoms with van der Waals surface area (Å²) in [5.41, 5.74) is 0.536. The van der Waals surface area contributed by atoms with E-state index in [1.54, 1.807) is 29.2 Å². The molecule has 6 nitrogen and oxygen atoms in total. The van der Waals surface area contributed by atoms with Gasteiger partial charge in [-0.1, -0.05) is 11.6 Å². The average Bonchev–Trinajstić information content (AvgIpc) is 2.94. The van der Waals surface area contributed by atoms with Crippen molar-refractivity contribution >= 4 is 34.4 Å². The first-order valence-electron chi connectivity index (χ1n) is 7.72. The number of carbonyl (C=O) groups is 2. The molecule has 3 rings (SSSR count). The molecule has 2 heterocycles. The van der Waals surface area contributed by atoms with Gasteiger partial charge in [0.15, 0.2) is 6.61 Å². The van der Waals surface area contributed by atoms with Gasteiger partial charge in [0.25, 0.3) is 5.91 Å². The molecular formula is C17H18ClNO5. The minimum absolute atomic E-state index is 0.0338. The van der Waals surface area contributed by atoms with Gasteiger partial charge in [0.1, 0.15) is 5.58 Å². The van der Waals surface area contributed by atoms with E-state index in [1.807, 2.05) is 13.8 Å². The number of furan rings is 1. The molecule has 0 unspecified atom stereocenters. The number of esters is 1. The summed E-state index contributed by atoms with van der Waals surface area (Å²) in [6.45, 7) is 4.47. The maximum Gasteiger partial charge on any atom is 0.374 e. The summed E-state index contributed by atoms with van der Waals surface area (Å²) in [7, 11) is 0. The zero-order valence-corrected chi connectivity index (χ0v) is 14.2. The fraction of sp³-hybridized carbons (Fsp3) is 0.412. The van der Waals surface area contributed by atoms with Crippen LogP contribution in [0.15, 0.2) is 28.7 Å². The molecule has 1 fully saturated rings. The van der Waals surface area contributed by atoms with Crippen LogP contribution in [0.2, 0.25) is 5.02 Å². The highest BCUT2D eigenvalue weighted by atomic mass is 35.5. The fourth-order valence-corrected chi connectivity index (χ4v) is 2.97. The van der Waals surface area contributed by atoms with E-state index in [1.165, 1.54) is 0 Å². The maximum atomic E-state index is 12.2. The van der Waals surface area contributed by atoms with E-state index < -0.39 is 5.97 Å². The van der Waals surface area contributed by atoms with E-state index >= 15 is 0 Å². The Morgan fingerprint density at radius 3 is 2.67 bits per heavy atom. The van der Waals surface area contributed by atoms with Crippen LogP contribution in [-0.2, 0) is 14.3 Å². The third-order valence-electron chi connectivity index (χ3n) is 3.78. The summed E-state index contributed by atoms with van der Waals surface area (Å²) in [5.74, 6) is -0.877. The van der Waals surface area contributed by atoms with E-state index in [9.17, 15) is 9.59 Å². The number of nitrogens with zero attached hydrogens (tertiary/aromatic N) is 1. The van der Waals surface area contributed by atoms with Gasteiger partial charge in [-0.05, 0) is 38.1 Å². The van der Waals surface area contributed by atoms with Crippen molar-refractivity contribution in [3.8, 4) is 0 Å². The van der Waals surface area contributed by atoms with E-state index in [-0.39, 0.29) is 30.5 Å². The molecule has 0 radical (unpaired) electrons. The zero-order chi connectivity index (χ0) is 17.3. The van der Waals surface area contributed by atoms with Crippen LogP contribution in [0, 0.1) is 0 Å². The number of amides is 1. The quantitative estimate of drug-likeness (QED) is 0.795. The molecule has 1 saturated heterocycles. The molecule has 1 amide bonds. The van der Waals surface area contributed by atoms with Crippen molar-refractivity contribution in [2.45, 2.75) is 26.1 Å². The number of halogens is 1. The zero-order valence-electron chi connectivity index (χ0n) is 13.5. The van der Waals surface area contributed by atoms with Crippen LogP contribution in [0.3, 0.4) is 0 Å². The minimum atomic E-state index is -0.676. The molecule has 0 N–H and O–H groups in total. The lowest BCUT2D eigenvalue weighted by atomic mass is 10.2. The summed E-state index contributed by atoms with van der Waals surface area (Å²) in [5, 5.41) is 1.26. The van der Waals surface area contributed by atoms with Crippen molar-refractivity contribution in [1.29, 1.82) is 0 Å². The molecule has 2 aromatic rings. The molecule has 0 aliphatic carbocycles. The van der Waals surface area contributed by atoms with Crippen LogP contribution in [0.1, 0.15) is 24.4 Å². The number of rotatable bonds is 3. The topological polar surface area (TPSA) is 69.0 Å². The van der Waals surface area contributed by atoms with E-state index in [4.69, 9.17) is 25.5 Å². The van der Waals surface area contributed by atoms with Gasteiger partial charge in [0, 0.05) is 23.5 Å². The van der Waals surface area contributed by atoms with Crippen LogP contribution in [-0.4, -0.2) is 48.7 Å². The summed E-state index contributed by atoms with van der Waals surface area (Å²) >= 11 is 5.90. The van der Waals surface area contributed by atoms with Crippen LogP contribution in [0.25, 0.3) is 11.0 Å². The van der Waals surface area contributed by atoms with Gasteiger partial charge in [-0.15, -0.1) is 0 Å². The Morgan fingerprint density at radius 2 is 1.96 bits per heavy atom. The molecule has 0 bridgehead atoms. The first-order chi connectivity index (χ1) is 11.4.